The van der Waals surface area contributed by atoms with E-state index in [1.807, 2.05) is 13.0 Å². The molecule has 0 aromatic carbocycles. The summed E-state index contributed by atoms with van der Waals surface area (Å²) in [5, 5.41) is 5.34. The van der Waals surface area contributed by atoms with Gasteiger partial charge in [-0.1, -0.05) is 25.7 Å². The third-order valence-electron chi connectivity index (χ3n) is 3.55. The summed E-state index contributed by atoms with van der Waals surface area (Å²) in [5.41, 5.74) is 0.986. The fourth-order valence-corrected chi connectivity index (χ4v) is 2.45. The van der Waals surface area contributed by atoms with E-state index < -0.39 is 11.8 Å². The van der Waals surface area contributed by atoms with Crippen molar-refractivity contribution in [3.8, 4) is 0 Å². The third-order valence-corrected chi connectivity index (χ3v) is 3.55. The van der Waals surface area contributed by atoms with Gasteiger partial charge in [0.25, 0.3) is 0 Å². The van der Waals surface area contributed by atoms with Crippen LogP contribution in [0.15, 0.2) is 18.3 Å². The topological polar surface area (TPSA) is 71.1 Å². The minimum Gasteiger partial charge on any atom is -0.345 e. The molecular formula is C15H21N3O2. The molecule has 1 aromatic rings. The van der Waals surface area contributed by atoms with Gasteiger partial charge in [-0.3, -0.25) is 9.59 Å². The Morgan fingerprint density at radius 1 is 1.15 bits per heavy atom. The molecule has 1 heterocycles. The number of hydrogen-bond donors (Lipinski definition) is 2. The van der Waals surface area contributed by atoms with Crippen molar-refractivity contribution in [2.45, 2.75) is 51.5 Å². The second-order valence-corrected chi connectivity index (χ2v) is 5.33. The van der Waals surface area contributed by atoms with E-state index in [9.17, 15) is 9.59 Å². The molecule has 2 amide bonds. The Bertz CT molecular complexity index is 480. The molecule has 5 heteroatoms. The lowest BCUT2D eigenvalue weighted by atomic mass is 10.1. The molecule has 1 aliphatic rings. The molecule has 0 aliphatic heterocycles. The second kappa shape index (κ2) is 7.03. The largest absolute Gasteiger partial charge is 0.345 e. The quantitative estimate of drug-likeness (QED) is 0.642. The van der Waals surface area contributed by atoms with E-state index in [2.05, 4.69) is 15.6 Å². The van der Waals surface area contributed by atoms with Gasteiger partial charge in [-0.25, -0.2) is 4.98 Å². The maximum atomic E-state index is 11.9. The van der Waals surface area contributed by atoms with Crippen LogP contribution in [0.25, 0.3) is 0 Å². The van der Waals surface area contributed by atoms with Gasteiger partial charge in [0.1, 0.15) is 5.82 Å². The Balaban J connectivity index is 1.86. The van der Waals surface area contributed by atoms with E-state index in [4.69, 9.17) is 0 Å². The van der Waals surface area contributed by atoms with E-state index in [0.29, 0.717) is 5.82 Å². The zero-order valence-electron chi connectivity index (χ0n) is 11.8. The number of aryl methyl sites for hydroxylation is 1. The lowest BCUT2D eigenvalue weighted by Crippen LogP contribution is -2.41. The number of amides is 2. The molecule has 0 atom stereocenters. The zero-order chi connectivity index (χ0) is 14.4. The Hall–Kier alpha value is -1.91. The van der Waals surface area contributed by atoms with Gasteiger partial charge in [-0.15, -0.1) is 0 Å². The molecule has 1 saturated carbocycles. The highest BCUT2D eigenvalue weighted by Crippen LogP contribution is 2.17. The molecule has 108 valence electrons. The van der Waals surface area contributed by atoms with Crippen molar-refractivity contribution in [2.75, 3.05) is 5.32 Å². The van der Waals surface area contributed by atoms with Crippen molar-refractivity contribution in [3.63, 3.8) is 0 Å². The maximum absolute atomic E-state index is 11.9. The van der Waals surface area contributed by atoms with E-state index >= 15 is 0 Å². The normalized spacial score (nSPS) is 16.2. The van der Waals surface area contributed by atoms with Crippen molar-refractivity contribution < 1.29 is 9.59 Å². The van der Waals surface area contributed by atoms with Gasteiger partial charge in [-0.05, 0) is 37.5 Å². The van der Waals surface area contributed by atoms with Gasteiger partial charge in [0, 0.05) is 12.2 Å². The molecule has 0 unspecified atom stereocenters. The lowest BCUT2D eigenvalue weighted by molar-refractivity contribution is -0.136. The minimum absolute atomic E-state index is 0.126. The smallest absolute Gasteiger partial charge is 0.314 e. The Kier molecular flexibility index (Phi) is 5.09. The summed E-state index contributed by atoms with van der Waals surface area (Å²) in [4.78, 5) is 27.7. The standard InChI is InChI=1S/C15H21N3O2/c1-11-8-9-16-13(10-11)18-15(20)14(19)17-12-6-4-2-3-5-7-12/h8-10,12H,2-7H2,1H3,(H,17,19)(H,16,18,20). The van der Waals surface area contributed by atoms with Gasteiger partial charge in [-0.2, -0.15) is 0 Å². The number of nitrogens with zero attached hydrogens (tertiary/aromatic N) is 1. The van der Waals surface area contributed by atoms with E-state index in [-0.39, 0.29) is 6.04 Å². The second-order valence-electron chi connectivity index (χ2n) is 5.33. The van der Waals surface area contributed by atoms with Crippen LogP contribution in [0.1, 0.15) is 44.1 Å². The van der Waals surface area contributed by atoms with Crippen LogP contribution in [-0.2, 0) is 9.59 Å². The highest BCUT2D eigenvalue weighted by molar-refractivity contribution is 6.39. The summed E-state index contributed by atoms with van der Waals surface area (Å²) in [6.07, 6.45) is 8.19. The number of carbonyl (C=O) groups excluding carboxylic acids is 2. The van der Waals surface area contributed by atoms with Crippen molar-refractivity contribution in [1.29, 1.82) is 0 Å². The Labute approximate surface area is 119 Å². The van der Waals surface area contributed by atoms with Crippen LogP contribution in [0.2, 0.25) is 0 Å². The number of hydrogen-bond acceptors (Lipinski definition) is 3. The average molecular weight is 275 g/mol. The van der Waals surface area contributed by atoms with Crippen molar-refractivity contribution in [3.05, 3.63) is 23.9 Å². The van der Waals surface area contributed by atoms with Crippen LogP contribution in [0.4, 0.5) is 5.82 Å². The van der Waals surface area contributed by atoms with Crippen LogP contribution in [-0.4, -0.2) is 22.8 Å². The molecule has 5 nitrogen and oxygen atoms in total. The van der Waals surface area contributed by atoms with Crippen molar-refractivity contribution in [2.24, 2.45) is 0 Å². The summed E-state index contributed by atoms with van der Waals surface area (Å²) >= 11 is 0. The van der Waals surface area contributed by atoms with Crippen LogP contribution >= 0.6 is 0 Å². The first-order chi connectivity index (χ1) is 9.65. The molecule has 0 bridgehead atoms. The van der Waals surface area contributed by atoms with Gasteiger partial charge in [0.05, 0.1) is 0 Å². The predicted molar refractivity (Wildman–Crippen MR) is 77.2 cm³/mol. The van der Waals surface area contributed by atoms with Crippen molar-refractivity contribution >= 4 is 17.6 Å². The van der Waals surface area contributed by atoms with Gasteiger partial charge in [0.15, 0.2) is 0 Å². The fraction of sp³-hybridized carbons (Fsp3) is 0.533. The number of pyridine rings is 1. The molecule has 0 spiro atoms. The third kappa shape index (κ3) is 4.33. The number of carbonyl (C=O) groups is 2. The number of nitrogens with one attached hydrogen (secondary N) is 2. The maximum Gasteiger partial charge on any atom is 0.314 e. The first-order valence-electron chi connectivity index (χ1n) is 7.19. The van der Waals surface area contributed by atoms with Crippen LogP contribution in [0, 0.1) is 6.92 Å². The highest BCUT2D eigenvalue weighted by Gasteiger charge is 2.20. The molecule has 0 radical (unpaired) electrons. The van der Waals surface area contributed by atoms with E-state index in [1.165, 1.54) is 12.8 Å². The van der Waals surface area contributed by atoms with E-state index in [1.54, 1.807) is 12.3 Å². The molecule has 20 heavy (non-hydrogen) atoms. The average Bonchev–Trinajstić information content (AvgIpc) is 2.67. The monoisotopic (exact) mass is 275 g/mol. The highest BCUT2D eigenvalue weighted by atomic mass is 16.2. The number of anilines is 1. The van der Waals surface area contributed by atoms with E-state index in [0.717, 1.165) is 31.2 Å². The number of aromatic nitrogens is 1. The summed E-state index contributed by atoms with van der Waals surface area (Å²) in [5.74, 6) is -0.807. The zero-order valence-corrected chi connectivity index (χ0v) is 11.8. The SMILES string of the molecule is Cc1ccnc(NC(=O)C(=O)NC2CCCCCC2)c1. The summed E-state index contributed by atoms with van der Waals surface area (Å²) in [6, 6.07) is 3.69. The summed E-state index contributed by atoms with van der Waals surface area (Å²) in [7, 11) is 0. The summed E-state index contributed by atoms with van der Waals surface area (Å²) < 4.78 is 0. The van der Waals surface area contributed by atoms with Gasteiger partial charge < -0.3 is 10.6 Å². The molecule has 2 N–H and O–H groups in total. The van der Waals surface area contributed by atoms with Crippen LogP contribution in [0.3, 0.4) is 0 Å². The molecule has 0 saturated heterocycles. The summed E-state index contributed by atoms with van der Waals surface area (Å²) in [6.45, 7) is 1.91. The molecule has 2 rings (SSSR count). The number of rotatable bonds is 2. The Morgan fingerprint density at radius 3 is 2.50 bits per heavy atom. The lowest BCUT2D eigenvalue weighted by Gasteiger charge is -2.15. The van der Waals surface area contributed by atoms with Crippen LogP contribution < -0.4 is 10.6 Å². The molecule has 1 aromatic heterocycles. The first kappa shape index (κ1) is 14.5. The fourth-order valence-electron chi connectivity index (χ4n) is 2.45. The van der Waals surface area contributed by atoms with Crippen LogP contribution in [0.5, 0.6) is 0 Å². The molecule has 1 aliphatic carbocycles. The molecule has 1 fully saturated rings. The van der Waals surface area contributed by atoms with Gasteiger partial charge in [0.2, 0.25) is 0 Å². The van der Waals surface area contributed by atoms with Gasteiger partial charge >= 0.3 is 11.8 Å². The first-order valence-corrected chi connectivity index (χ1v) is 7.19. The minimum atomic E-state index is -0.646. The van der Waals surface area contributed by atoms with Crippen molar-refractivity contribution in [1.82, 2.24) is 10.3 Å². The Morgan fingerprint density at radius 2 is 1.85 bits per heavy atom. The molecular weight excluding hydrogens is 254 g/mol. The predicted octanol–water partition coefficient (Wildman–Crippen LogP) is 2.17.